The molecule has 0 aliphatic rings. The zero-order valence-electron chi connectivity index (χ0n) is 22.3. The second kappa shape index (κ2) is 13.8. The largest absolute Gasteiger partial charge is 0.357 e. The number of sulfonamides is 1. The van der Waals surface area contributed by atoms with Gasteiger partial charge in [0.05, 0.1) is 15.6 Å². The number of para-hydroxylation sites is 1. The molecule has 0 radical (unpaired) electrons. The standard InChI is InChI=1S/C31H29BrClN3O4S/c1-34-31(38)29(20-23-11-4-2-5-12-23)35(21-24-13-10-14-25(32)19-24)30(37)22-36(28-18-9-8-17-27(28)33)41(39,40)26-15-6-3-7-16-26/h2-19,29H,20-22H2,1H3,(H,34,38). The molecule has 4 aromatic rings. The Bertz CT molecular complexity index is 1600. The molecule has 0 aromatic heterocycles. The van der Waals surface area contributed by atoms with Gasteiger partial charge in [0.2, 0.25) is 11.8 Å². The zero-order valence-corrected chi connectivity index (χ0v) is 25.4. The number of halogens is 2. The third-order valence-electron chi connectivity index (χ3n) is 6.49. The van der Waals surface area contributed by atoms with Crippen LogP contribution < -0.4 is 9.62 Å². The van der Waals surface area contributed by atoms with E-state index in [0.29, 0.717) is 0 Å². The van der Waals surface area contributed by atoms with Gasteiger partial charge in [0.25, 0.3) is 10.0 Å². The number of hydrogen-bond acceptors (Lipinski definition) is 4. The summed E-state index contributed by atoms with van der Waals surface area (Å²) >= 11 is 9.93. The fourth-order valence-electron chi connectivity index (χ4n) is 4.44. The minimum absolute atomic E-state index is 0.0124. The fourth-order valence-corrected chi connectivity index (χ4v) is 6.63. The van der Waals surface area contributed by atoms with Crippen molar-refractivity contribution in [1.29, 1.82) is 0 Å². The highest BCUT2D eigenvalue weighted by Crippen LogP contribution is 2.31. The van der Waals surface area contributed by atoms with Crippen molar-refractivity contribution in [3.05, 3.63) is 130 Å². The van der Waals surface area contributed by atoms with E-state index in [2.05, 4.69) is 21.2 Å². The molecule has 10 heteroatoms. The van der Waals surface area contributed by atoms with Gasteiger partial charge in [-0.25, -0.2) is 8.42 Å². The van der Waals surface area contributed by atoms with Crippen LogP contribution in [-0.4, -0.2) is 44.8 Å². The summed E-state index contributed by atoms with van der Waals surface area (Å²) in [6.07, 6.45) is 0.234. The minimum Gasteiger partial charge on any atom is -0.357 e. The highest BCUT2D eigenvalue weighted by atomic mass is 79.9. The van der Waals surface area contributed by atoms with E-state index in [4.69, 9.17) is 11.6 Å². The van der Waals surface area contributed by atoms with Crippen LogP contribution in [0.4, 0.5) is 5.69 Å². The summed E-state index contributed by atoms with van der Waals surface area (Å²) < 4.78 is 29.6. The lowest BCUT2D eigenvalue weighted by atomic mass is 10.0. The number of nitrogens with one attached hydrogen (secondary N) is 1. The van der Waals surface area contributed by atoms with Gasteiger partial charge >= 0.3 is 0 Å². The highest BCUT2D eigenvalue weighted by Gasteiger charge is 2.34. The number of anilines is 1. The van der Waals surface area contributed by atoms with Crippen molar-refractivity contribution >= 4 is 55.1 Å². The Labute approximate surface area is 253 Å². The topological polar surface area (TPSA) is 86.8 Å². The second-order valence-electron chi connectivity index (χ2n) is 9.25. The van der Waals surface area contributed by atoms with Crippen molar-refractivity contribution in [2.45, 2.75) is 23.9 Å². The normalized spacial score (nSPS) is 11.9. The number of amides is 2. The van der Waals surface area contributed by atoms with Crippen molar-refractivity contribution in [1.82, 2.24) is 10.2 Å². The molecule has 7 nitrogen and oxygen atoms in total. The predicted octanol–water partition coefficient (Wildman–Crippen LogP) is 5.68. The van der Waals surface area contributed by atoms with Crippen LogP contribution in [0.3, 0.4) is 0 Å². The number of carbonyl (C=O) groups excluding carboxylic acids is 2. The summed E-state index contributed by atoms with van der Waals surface area (Å²) in [6, 6.07) is 30.2. The summed E-state index contributed by atoms with van der Waals surface area (Å²) in [6.45, 7) is -0.498. The summed E-state index contributed by atoms with van der Waals surface area (Å²) in [5.41, 5.74) is 1.78. The van der Waals surface area contributed by atoms with E-state index in [1.54, 1.807) is 42.5 Å². The maximum Gasteiger partial charge on any atom is 0.264 e. The van der Waals surface area contributed by atoms with E-state index in [1.165, 1.54) is 24.1 Å². The SMILES string of the molecule is CNC(=O)C(Cc1ccccc1)N(Cc1cccc(Br)c1)C(=O)CN(c1ccccc1Cl)S(=O)(=O)c1ccccc1. The molecule has 0 heterocycles. The zero-order chi connectivity index (χ0) is 29.4. The van der Waals surface area contributed by atoms with E-state index in [1.807, 2.05) is 54.6 Å². The smallest absolute Gasteiger partial charge is 0.264 e. The first kappa shape index (κ1) is 30.3. The molecule has 0 saturated heterocycles. The summed E-state index contributed by atoms with van der Waals surface area (Å²) in [5, 5.41) is 2.84. The predicted molar refractivity (Wildman–Crippen MR) is 165 cm³/mol. The molecule has 4 aromatic carbocycles. The number of nitrogens with zero attached hydrogens (tertiary/aromatic N) is 2. The molecule has 2 amide bonds. The van der Waals surface area contributed by atoms with E-state index in [-0.39, 0.29) is 34.5 Å². The molecule has 1 unspecified atom stereocenters. The Morgan fingerprint density at radius 1 is 0.854 bits per heavy atom. The third kappa shape index (κ3) is 7.55. The molecule has 0 fully saturated rings. The van der Waals surface area contributed by atoms with Crippen molar-refractivity contribution in [3.8, 4) is 0 Å². The Hall–Kier alpha value is -3.66. The highest BCUT2D eigenvalue weighted by molar-refractivity contribution is 9.10. The monoisotopic (exact) mass is 653 g/mol. The van der Waals surface area contributed by atoms with Gasteiger partial charge in [0, 0.05) is 24.5 Å². The third-order valence-corrected chi connectivity index (χ3v) is 9.08. The van der Waals surface area contributed by atoms with Crippen LogP contribution >= 0.6 is 27.5 Å². The maximum atomic E-state index is 14.2. The quantitative estimate of drug-likeness (QED) is 0.225. The summed E-state index contributed by atoms with van der Waals surface area (Å²) in [5.74, 6) is -0.929. The number of carbonyl (C=O) groups is 2. The molecule has 0 aliphatic carbocycles. The molecule has 41 heavy (non-hydrogen) atoms. The van der Waals surface area contributed by atoms with Crippen LogP contribution in [0.5, 0.6) is 0 Å². The lowest BCUT2D eigenvalue weighted by Crippen LogP contribution is -2.53. The Kier molecular flexibility index (Phi) is 10.2. The van der Waals surface area contributed by atoms with E-state index in [9.17, 15) is 18.0 Å². The second-order valence-corrected chi connectivity index (χ2v) is 12.4. The van der Waals surface area contributed by atoms with E-state index < -0.39 is 28.5 Å². The lowest BCUT2D eigenvalue weighted by molar-refractivity contribution is -0.139. The van der Waals surface area contributed by atoms with Gasteiger partial charge in [0.15, 0.2) is 0 Å². The Balaban J connectivity index is 1.79. The summed E-state index contributed by atoms with van der Waals surface area (Å²) in [7, 11) is -2.69. The average molecular weight is 655 g/mol. The van der Waals surface area contributed by atoms with Crippen LogP contribution in [0.2, 0.25) is 5.02 Å². The minimum atomic E-state index is -4.20. The molecule has 212 valence electrons. The van der Waals surface area contributed by atoms with Crippen LogP contribution in [-0.2, 0) is 32.6 Å². The number of hydrogen-bond donors (Lipinski definition) is 1. The summed E-state index contributed by atoms with van der Waals surface area (Å²) in [4.78, 5) is 29.0. The van der Waals surface area contributed by atoms with Gasteiger partial charge in [-0.1, -0.05) is 100 Å². The Morgan fingerprint density at radius 3 is 2.10 bits per heavy atom. The molecule has 0 spiro atoms. The van der Waals surface area contributed by atoms with E-state index >= 15 is 0 Å². The molecular weight excluding hydrogens is 626 g/mol. The molecule has 1 atom stereocenters. The van der Waals surface area contributed by atoms with Crippen LogP contribution in [0.15, 0.2) is 119 Å². The molecule has 0 saturated carbocycles. The van der Waals surface area contributed by atoms with Crippen molar-refractivity contribution < 1.29 is 18.0 Å². The first-order valence-corrected chi connectivity index (χ1v) is 15.4. The van der Waals surface area contributed by atoms with Crippen LogP contribution in [0.1, 0.15) is 11.1 Å². The van der Waals surface area contributed by atoms with Gasteiger partial charge < -0.3 is 10.2 Å². The van der Waals surface area contributed by atoms with Crippen LogP contribution in [0.25, 0.3) is 0 Å². The number of rotatable bonds is 11. The van der Waals surface area contributed by atoms with Gasteiger partial charge in [-0.2, -0.15) is 0 Å². The maximum absolute atomic E-state index is 14.2. The fraction of sp³-hybridized carbons (Fsp3) is 0.161. The van der Waals surface area contributed by atoms with Crippen molar-refractivity contribution in [2.75, 3.05) is 17.9 Å². The van der Waals surface area contributed by atoms with Gasteiger partial charge in [-0.3, -0.25) is 13.9 Å². The first-order valence-electron chi connectivity index (χ1n) is 12.8. The van der Waals surface area contributed by atoms with Gasteiger partial charge in [-0.15, -0.1) is 0 Å². The van der Waals surface area contributed by atoms with Gasteiger partial charge in [0.1, 0.15) is 12.6 Å². The molecular formula is C31H29BrClN3O4S. The lowest BCUT2D eigenvalue weighted by Gasteiger charge is -2.33. The Morgan fingerprint density at radius 2 is 1.46 bits per heavy atom. The van der Waals surface area contributed by atoms with Crippen molar-refractivity contribution in [2.24, 2.45) is 0 Å². The van der Waals surface area contributed by atoms with Gasteiger partial charge in [-0.05, 0) is 47.5 Å². The molecule has 0 aliphatic heterocycles. The average Bonchev–Trinajstić information content (AvgIpc) is 2.98. The van der Waals surface area contributed by atoms with Crippen LogP contribution in [0, 0.1) is 0 Å². The molecule has 0 bridgehead atoms. The first-order chi connectivity index (χ1) is 19.7. The molecule has 4 rings (SSSR count). The van der Waals surface area contributed by atoms with E-state index in [0.717, 1.165) is 19.9 Å². The molecule has 1 N–H and O–H groups in total. The van der Waals surface area contributed by atoms with Crippen molar-refractivity contribution in [3.63, 3.8) is 0 Å². The number of likely N-dealkylation sites (N-methyl/N-ethyl adjacent to an activating group) is 1. The number of benzene rings is 4.